The number of nitrogens with one attached hydrogen (secondary N) is 2. The van der Waals surface area contributed by atoms with Crippen LogP contribution in [0.25, 0.3) is 0 Å². The molecule has 7 nitrogen and oxygen atoms in total. The lowest BCUT2D eigenvalue weighted by Gasteiger charge is -2.36. The van der Waals surface area contributed by atoms with Crippen molar-refractivity contribution >= 4 is 17.5 Å². The average Bonchev–Trinajstić information content (AvgIpc) is 2.77. The highest BCUT2D eigenvalue weighted by Crippen LogP contribution is 2.35. The molecule has 2 aromatic rings. The summed E-state index contributed by atoms with van der Waals surface area (Å²) in [6.07, 6.45) is 4.99. The van der Waals surface area contributed by atoms with E-state index in [0.717, 1.165) is 61.7 Å². The zero-order valence-electron chi connectivity index (χ0n) is 16.4. The monoisotopic (exact) mass is 391 g/mol. The molecule has 2 unspecified atom stereocenters. The molecule has 29 heavy (non-hydrogen) atoms. The molecule has 0 saturated carbocycles. The van der Waals surface area contributed by atoms with Gasteiger partial charge in [0.2, 0.25) is 11.8 Å². The predicted octanol–water partition coefficient (Wildman–Crippen LogP) is 1.95. The molecule has 0 spiro atoms. The molecule has 1 fully saturated rings. The maximum atomic E-state index is 13.4. The van der Waals surface area contributed by atoms with Crippen molar-refractivity contribution in [2.45, 2.75) is 44.1 Å². The van der Waals surface area contributed by atoms with Crippen LogP contribution in [-0.2, 0) is 22.6 Å². The van der Waals surface area contributed by atoms with E-state index in [1.165, 1.54) is 5.56 Å². The zero-order chi connectivity index (χ0) is 19.8. The van der Waals surface area contributed by atoms with Crippen LogP contribution in [-0.4, -0.2) is 46.3 Å². The molecule has 1 aromatic carbocycles. The Morgan fingerprint density at radius 3 is 3.07 bits per heavy atom. The lowest BCUT2D eigenvalue weighted by Crippen LogP contribution is -2.43. The summed E-state index contributed by atoms with van der Waals surface area (Å²) < 4.78 is 0. The summed E-state index contributed by atoms with van der Waals surface area (Å²) in [4.78, 5) is 36.9. The minimum Gasteiger partial charge on any atom is -0.341 e. The maximum absolute atomic E-state index is 13.4. The summed E-state index contributed by atoms with van der Waals surface area (Å²) in [5.41, 5.74) is 3.97. The molecule has 0 radical (unpaired) electrons. The standard InChI is InChI=1S/C22H25N5O2/c28-20-10-17(16-5-1-2-6-19(16)25-20)22(29)27-9-3-4-14(13-27)21-24-12-15-11-23-8-7-18(15)26-21/h1-2,5-6,12,14,17,23H,3-4,7-11,13H2,(H,25,28). The number of hydrogen-bond acceptors (Lipinski definition) is 5. The van der Waals surface area contributed by atoms with Crippen molar-refractivity contribution in [3.8, 4) is 0 Å². The summed E-state index contributed by atoms with van der Waals surface area (Å²) in [5, 5.41) is 6.22. The van der Waals surface area contributed by atoms with E-state index >= 15 is 0 Å². The van der Waals surface area contributed by atoms with E-state index in [1.54, 1.807) is 0 Å². The van der Waals surface area contributed by atoms with Crippen LogP contribution in [0.4, 0.5) is 5.69 Å². The van der Waals surface area contributed by atoms with Gasteiger partial charge >= 0.3 is 0 Å². The van der Waals surface area contributed by atoms with Crippen molar-refractivity contribution in [1.82, 2.24) is 20.2 Å². The van der Waals surface area contributed by atoms with Gasteiger partial charge in [-0.25, -0.2) is 9.97 Å². The normalized spacial score (nSPS) is 23.7. The van der Waals surface area contributed by atoms with Gasteiger partial charge in [0.15, 0.2) is 0 Å². The zero-order valence-corrected chi connectivity index (χ0v) is 16.4. The number of hydrogen-bond donors (Lipinski definition) is 2. The molecule has 0 aliphatic carbocycles. The van der Waals surface area contributed by atoms with Crippen molar-refractivity contribution in [2.24, 2.45) is 0 Å². The molecule has 7 heteroatoms. The highest BCUT2D eigenvalue weighted by atomic mass is 16.2. The van der Waals surface area contributed by atoms with E-state index in [2.05, 4.69) is 15.6 Å². The molecule has 1 saturated heterocycles. The maximum Gasteiger partial charge on any atom is 0.230 e. The summed E-state index contributed by atoms with van der Waals surface area (Å²) in [6, 6.07) is 7.61. The summed E-state index contributed by atoms with van der Waals surface area (Å²) >= 11 is 0. The van der Waals surface area contributed by atoms with Crippen LogP contribution in [0.5, 0.6) is 0 Å². The van der Waals surface area contributed by atoms with Crippen LogP contribution in [0.3, 0.4) is 0 Å². The van der Waals surface area contributed by atoms with Gasteiger partial charge in [0.25, 0.3) is 0 Å². The number of nitrogens with zero attached hydrogens (tertiary/aromatic N) is 3. The van der Waals surface area contributed by atoms with E-state index in [0.29, 0.717) is 6.54 Å². The van der Waals surface area contributed by atoms with Crippen LogP contribution in [0.15, 0.2) is 30.5 Å². The number of rotatable bonds is 2. The molecule has 0 bridgehead atoms. The van der Waals surface area contributed by atoms with E-state index < -0.39 is 5.92 Å². The Balaban J connectivity index is 1.36. The number of likely N-dealkylation sites (tertiary alicyclic amines) is 1. The summed E-state index contributed by atoms with van der Waals surface area (Å²) in [5.74, 6) is 0.543. The number of anilines is 1. The van der Waals surface area contributed by atoms with E-state index in [-0.39, 0.29) is 24.2 Å². The summed E-state index contributed by atoms with van der Waals surface area (Å²) in [7, 11) is 0. The third-order valence-electron chi connectivity index (χ3n) is 6.22. The minimum absolute atomic E-state index is 0.0409. The molecular formula is C22H25N5O2. The molecule has 2 N–H and O–H groups in total. The number of piperidine rings is 1. The molecule has 2 atom stereocenters. The van der Waals surface area contributed by atoms with E-state index in [9.17, 15) is 9.59 Å². The molecule has 150 valence electrons. The second kappa shape index (κ2) is 7.55. The van der Waals surface area contributed by atoms with Gasteiger partial charge in [-0.05, 0) is 24.5 Å². The number of benzene rings is 1. The van der Waals surface area contributed by atoms with Crippen LogP contribution in [0, 0.1) is 0 Å². The van der Waals surface area contributed by atoms with Gasteiger partial charge in [-0.15, -0.1) is 0 Å². The van der Waals surface area contributed by atoms with Gasteiger partial charge in [0, 0.05) is 68.1 Å². The molecule has 2 amide bonds. The highest BCUT2D eigenvalue weighted by molar-refractivity contribution is 6.01. The Kier molecular flexibility index (Phi) is 4.75. The number of carbonyl (C=O) groups excluding carboxylic acids is 2. The highest BCUT2D eigenvalue weighted by Gasteiger charge is 2.36. The third-order valence-corrected chi connectivity index (χ3v) is 6.22. The molecule has 3 aliphatic heterocycles. The minimum atomic E-state index is -0.408. The van der Waals surface area contributed by atoms with Gasteiger partial charge < -0.3 is 15.5 Å². The van der Waals surface area contributed by atoms with E-state index in [4.69, 9.17) is 4.98 Å². The van der Waals surface area contributed by atoms with Gasteiger partial charge in [0.05, 0.1) is 5.92 Å². The van der Waals surface area contributed by atoms with Crippen LogP contribution < -0.4 is 10.6 Å². The average molecular weight is 391 g/mol. The van der Waals surface area contributed by atoms with Gasteiger partial charge in [-0.1, -0.05) is 18.2 Å². The number of fused-ring (bicyclic) bond motifs is 2. The first-order valence-corrected chi connectivity index (χ1v) is 10.4. The van der Waals surface area contributed by atoms with Crippen molar-refractivity contribution in [1.29, 1.82) is 0 Å². The molecule has 1 aromatic heterocycles. The fourth-order valence-electron chi connectivity index (χ4n) is 4.69. The SMILES string of the molecule is O=C1CC(C(=O)N2CCCC(c3ncc4c(n3)CCNC4)C2)c2ccccc2N1. The van der Waals surface area contributed by atoms with Gasteiger partial charge in [0.1, 0.15) is 5.82 Å². The molecular weight excluding hydrogens is 366 g/mol. The first-order chi connectivity index (χ1) is 14.2. The van der Waals surface area contributed by atoms with E-state index in [1.807, 2.05) is 35.4 Å². The Morgan fingerprint density at radius 1 is 1.24 bits per heavy atom. The number of carbonyl (C=O) groups is 2. The number of aromatic nitrogens is 2. The fraction of sp³-hybridized carbons (Fsp3) is 0.455. The largest absolute Gasteiger partial charge is 0.341 e. The number of amides is 2. The first-order valence-electron chi connectivity index (χ1n) is 10.4. The van der Waals surface area contributed by atoms with Crippen molar-refractivity contribution in [2.75, 3.05) is 25.0 Å². The second-order valence-electron chi connectivity index (χ2n) is 8.14. The lowest BCUT2D eigenvalue weighted by molar-refractivity contribution is -0.136. The van der Waals surface area contributed by atoms with Crippen LogP contribution in [0.2, 0.25) is 0 Å². The Bertz CT molecular complexity index is 960. The molecule has 3 aliphatic rings. The topological polar surface area (TPSA) is 87.2 Å². The van der Waals surface area contributed by atoms with Crippen molar-refractivity contribution in [3.05, 3.63) is 53.1 Å². The predicted molar refractivity (Wildman–Crippen MR) is 108 cm³/mol. The van der Waals surface area contributed by atoms with Crippen LogP contribution in [0.1, 0.15) is 53.7 Å². The van der Waals surface area contributed by atoms with Crippen molar-refractivity contribution in [3.63, 3.8) is 0 Å². The van der Waals surface area contributed by atoms with Crippen molar-refractivity contribution < 1.29 is 9.59 Å². The second-order valence-corrected chi connectivity index (χ2v) is 8.14. The van der Waals surface area contributed by atoms with Crippen LogP contribution >= 0.6 is 0 Å². The number of para-hydroxylation sites is 1. The first kappa shape index (κ1) is 18.2. The summed E-state index contributed by atoms with van der Waals surface area (Å²) in [6.45, 7) is 3.12. The smallest absolute Gasteiger partial charge is 0.230 e. The lowest BCUT2D eigenvalue weighted by atomic mass is 9.88. The van der Waals surface area contributed by atoms with Gasteiger partial charge in [-0.2, -0.15) is 0 Å². The quantitative estimate of drug-likeness (QED) is 0.817. The third kappa shape index (κ3) is 3.51. The Morgan fingerprint density at radius 2 is 2.14 bits per heavy atom. The molecule has 4 heterocycles. The molecule has 5 rings (SSSR count). The Hall–Kier alpha value is -2.80. The fourth-order valence-corrected chi connectivity index (χ4v) is 4.69. The van der Waals surface area contributed by atoms with Gasteiger partial charge in [-0.3, -0.25) is 9.59 Å². The Labute approximate surface area is 169 Å².